The molecule has 0 spiro atoms. The number of amides is 1. The van der Waals surface area contributed by atoms with E-state index in [9.17, 15) is 13.2 Å². The van der Waals surface area contributed by atoms with E-state index in [1.165, 1.54) is 12.1 Å². The molecule has 1 atom stereocenters. The Balaban J connectivity index is 2.56. The second-order valence-corrected chi connectivity index (χ2v) is 6.48. The van der Waals surface area contributed by atoms with E-state index >= 15 is 0 Å². The minimum absolute atomic E-state index is 0.113. The second-order valence-electron chi connectivity index (χ2n) is 4.46. The molecule has 0 heterocycles. The van der Waals surface area contributed by atoms with Crippen LogP contribution in [0.1, 0.15) is 6.92 Å². The highest BCUT2D eigenvalue weighted by atomic mass is 32.2. The predicted molar refractivity (Wildman–Crippen MR) is 74.5 cm³/mol. The number of ether oxygens (including phenoxy) is 2. The van der Waals surface area contributed by atoms with Gasteiger partial charge in [0.05, 0.1) is 11.5 Å². The van der Waals surface area contributed by atoms with Gasteiger partial charge in [-0.05, 0) is 25.1 Å². The summed E-state index contributed by atoms with van der Waals surface area (Å²) in [4.78, 5) is 11.7. The molecule has 1 rings (SSSR count). The van der Waals surface area contributed by atoms with Gasteiger partial charge < -0.3 is 14.8 Å². The molecule has 1 N–H and O–H groups in total. The van der Waals surface area contributed by atoms with Crippen LogP contribution in [0.3, 0.4) is 0 Å². The number of methoxy groups -OCH3 is 1. The topological polar surface area (TPSA) is 81.7 Å². The summed E-state index contributed by atoms with van der Waals surface area (Å²) in [5.41, 5.74) is 0. The van der Waals surface area contributed by atoms with Crippen LogP contribution in [-0.2, 0) is 19.4 Å². The predicted octanol–water partition coefficient (Wildman–Crippen LogP) is 0.620. The van der Waals surface area contributed by atoms with E-state index in [2.05, 4.69) is 5.32 Å². The molecule has 0 unspecified atom stereocenters. The summed E-state index contributed by atoms with van der Waals surface area (Å²) in [6, 6.07) is 5.92. The maximum absolute atomic E-state index is 11.6. The van der Waals surface area contributed by atoms with E-state index in [1.54, 1.807) is 19.2 Å². The number of carbonyl (C=O) groups excluding carboxylic acids is 1. The molecule has 0 radical (unpaired) electrons. The summed E-state index contributed by atoms with van der Waals surface area (Å²) in [5.74, 6) is 0.0433. The number of nitrogens with one attached hydrogen (secondary N) is 1. The first-order valence-electron chi connectivity index (χ1n) is 6.04. The summed E-state index contributed by atoms with van der Waals surface area (Å²) >= 11 is 0. The number of carbonyl (C=O) groups is 1. The standard InChI is InChI=1S/C13H19NO5S/c1-10(8-18-2)14-13(15)9-19-11-5-4-6-12(7-11)20(3,16)17/h4-7,10H,8-9H2,1-3H3,(H,14,15)/t10-/m0/s1. The summed E-state index contributed by atoms with van der Waals surface area (Å²) in [6.45, 7) is 2.04. The minimum atomic E-state index is -3.29. The lowest BCUT2D eigenvalue weighted by atomic mass is 10.3. The number of rotatable bonds is 7. The lowest BCUT2D eigenvalue weighted by molar-refractivity contribution is -0.124. The van der Waals surface area contributed by atoms with Crippen molar-refractivity contribution in [3.63, 3.8) is 0 Å². The van der Waals surface area contributed by atoms with E-state index in [-0.39, 0.29) is 23.5 Å². The molecular weight excluding hydrogens is 282 g/mol. The van der Waals surface area contributed by atoms with Gasteiger partial charge in [-0.2, -0.15) is 0 Å². The molecule has 6 nitrogen and oxygen atoms in total. The van der Waals surface area contributed by atoms with Crippen LogP contribution in [0.5, 0.6) is 5.75 Å². The van der Waals surface area contributed by atoms with Crippen LogP contribution in [-0.4, -0.2) is 46.9 Å². The zero-order chi connectivity index (χ0) is 15.2. The third-order valence-corrected chi connectivity index (χ3v) is 3.54. The van der Waals surface area contributed by atoms with Gasteiger partial charge >= 0.3 is 0 Å². The molecule has 1 aromatic carbocycles. The molecule has 20 heavy (non-hydrogen) atoms. The molecule has 0 aromatic heterocycles. The molecule has 0 saturated heterocycles. The van der Waals surface area contributed by atoms with Gasteiger partial charge in [-0.1, -0.05) is 6.07 Å². The highest BCUT2D eigenvalue weighted by Gasteiger charge is 2.10. The summed E-state index contributed by atoms with van der Waals surface area (Å²) in [5, 5.41) is 2.69. The average molecular weight is 301 g/mol. The van der Waals surface area contributed by atoms with Gasteiger partial charge in [0.25, 0.3) is 5.91 Å². The lowest BCUT2D eigenvalue weighted by Crippen LogP contribution is -2.38. The minimum Gasteiger partial charge on any atom is -0.484 e. The molecule has 7 heteroatoms. The van der Waals surface area contributed by atoms with Crippen LogP contribution in [0.4, 0.5) is 0 Å². The Kier molecular flexibility index (Phi) is 5.97. The van der Waals surface area contributed by atoms with Gasteiger partial charge in [0.15, 0.2) is 16.4 Å². The third-order valence-electron chi connectivity index (χ3n) is 2.43. The molecule has 1 amide bonds. The van der Waals surface area contributed by atoms with Gasteiger partial charge in [-0.15, -0.1) is 0 Å². The van der Waals surface area contributed by atoms with Crippen LogP contribution in [0.15, 0.2) is 29.2 Å². The van der Waals surface area contributed by atoms with Crippen molar-refractivity contribution in [2.24, 2.45) is 0 Å². The van der Waals surface area contributed by atoms with Crippen molar-refractivity contribution in [3.05, 3.63) is 24.3 Å². The van der Waals surface area contributed by atoms with E-state index in [0.29, 0.717) is 12.4 Å². The van der Waals surface area contributed by atoms with Crippen molar-refractivity contribution in [3.8, 4) is 5.75 Å². The molecule has 0 aliphatic rings. The molecule has 0 fully saturated rings. The first-order chi connectivity index (χ1) is 9.32. The van der Waals surface area contributed by atoms with Gasteiger partial charge in [-0.25, -0.2) is 8.42 Å². The van der Waals surface area contributed by atoms with E-state index in [1.807, 2.05) is 6.92 Å². The van der Waals surface area contributed by atoms with Crippen LogP contribution >= 0.6 is 0 Å². The Bertz CT molecular complexity index is 556. The Morgan fingerprint density at radius 3 is 2.70 bits per heavy atom. The van der Waals surface area contributed by atoms with Crippen molar-refractivity contribution in [1.82, 2.24) is 5.32 Å². The summed E-state index contributed by atoms with van der Waals surface area (Å²) in [6.07, 6.45) is 1.12. The Morgan fingerprint density at radius 1 is 1.40 bits per heavy atom. The SMILES string of the molecule is COC[C@H](C)NC(=O)COc1cccc(S(C)(=O)=O)c1. The smallest absolute Gasteiger partial charge is 0.258 e. The van der Waals surface area contributed by atoms with Crippen molar-refractivity contribution in [2.45, 2.75) is 17.9 Å². The van der Waals surface area contributed by atoms with Crippen LogP contribution < -0.4 is 10.1 Å². The fourth-order valence-electron chi connectivity index (χ4n) is 1.55. The molecule has 0 aliphatic heterocycles. The number of hydrogen-bond donors (Lipinski definition) is 1. The molecule has 0 aliphatic carbocycles. The lowest BCUT2D eigenvalue weighted by Gasteiger charge is -2.13. The summed E-state index contributed by atoms with van der Waals surface area (Å²) < 4.78 is 32.9. The van der Waals surface area contributed by atoms with Gasteiger partial charge in [-0.3, -0.25) is 4.79 Å². The fourth-order valence-corrected chi connectivity index (χ4v) is 2.21. The first kappa shape index (κ1) is 16.5. The normalized spacial score (nSPS) is 12.8. The molecule has 0 bridgehead atoms. The van der Waals surface area contributed by atoms with Crippen LogP contribution in [0.25, 0.3) is 0 Å². The van der Waals surface area contributed by atoms with Crippen LogP contribution in [0.2, 0.25) is 0 Å². The van der Waals surface area contributed by atoms with Crippen molar-refractivity contribution in [1.29, 1.82) is 0 Å². The Labute approximate surface area is 119 Å². The largest absolute Gasteiger partial charge is 0.484 e. The molecule has 1 aromatic rings. The van der Waals surface area contributed by atoms with E-state index < -0.39 is 9.84 Å². The van der Waals surface area contributed by atoms with Gasteiger partial charge in [0.2, 0.25) is 0 Å². The maximum Gasteiger partial charge on any atom is 0.258 e. The third kappa shape index (κ3) is 5.58. The first-order valence-corrected chi connectivity index (χ1v) is 7.93. The van der Waals surface area contributed by atoms with E-state index in [4.69, 9.17) is 9.47 Å². The van der Waals surface area contributed by atoms with Crippen LogP contribution in [0, 0.1) is 0 Å². The number of hydrogen-bond acceptors (Lipinski definition) is 5. The van der Waals surface area contributed by atoms with E-state index in [0.717, 1.165) is 6.26 Å². The number of sulfone groups is 1. The molecule has 112 valence electrons. The monoisotopic (exact) mass is 301 g/mol. The Morgan fingerprint density at radius 2 is 2.10 bits per heavy atom. The maximum atomic E-state index is 11.6. The highest BCUT2D eigenvalue weighted by Crippen LogP contribution is 2.17. The van der Waals surface area contributed by atoms with Crippen molar-refractivity contribution < 1.29 is 22.7 Å². The summed E-state index contributed by atoms with van der Waals surface area (Å²) in [7, 11) is -1.74. The number of benzene rings is 1. The average Bonchev–Trinajstić information content (AvgIpc) is 2.36. The highest BCUT2D eigenvalue weighted by molar-refractivity contribution is 7.90. The molecule has 0 saturated carbocycles. The van der Waals surface area contributed by atoms with Crippen molar-refractivity contribution in [2.75, 3.05) is 26.6 Å². The second kappa shape index (κ2) is 7.25. The fraction of sp³-hybridized carbons (Fsp3) is 0.462. The zero-order valence-corrected chi connectivity index (χ0v) is 12.6. The quantitative estimate of drug-likeness (QED) is 0.798. The van der Waals surface area contributed by atoms with Gasteiger partial charge in [0, 0.05) is 19.4 Å². The molecular formula is C13H19NO5S. The van der Waals surface area contributed by atoms with Crippen molar-refractivity contribution >= 4 is 15.7 Å². The zero-order valence-electron chi connectivity index (χ0n) is 11.8. The Hall–Kier alpha value is -1.60. The van der Waals surface area contributed by atoms with Gasteiger partial charge in [0.1, 0.15) is 5.75 Å².